The van der Waals surface area contributed by atoms with Gasteiger partial charge in [0.25, 0.3) is 5.91 Å². The van der Waals surface area contributed by atoms with Gasteiger partial charge in [0.05, 0.1) is 23.6 Å². The van der Waals surface area contributed by atoms with Crippen molar-refractivity contribution in [3.8, 4) is 0 Å². The van der Waals surface area contributed by atoms with Gasteiger partial charge in [-0.2, -0.15) is 5.10 Å². The number of rotatable bonds is 6. The largest absolute Gasteiger partial charge is 0.338 e. The van der Waals surface area contributed by atoms with E-state index in [2.05, 4.69) is 5.10 Å². The lowest BCUT2D eigenvalue weighted by Crippen LogP contribution is -2.47. The van der Waals surface area contributed by atoms with E-state index < -0.39 is 10.0 Å². The molecular weight excluding hydrogens is 431 g/mol. The second-order valence-corrected chi connectivity index (χ2v) is 10.2. The average molecular weight is 457 g/mol. The molecule has 0 aliphatic carbocycles. The van der Waals surface area contributed by atoms with E-state index in [-0.39, 0.29) is 28.7 Å². The Morgan fingerprint density at radius 2 is 1.87 bits per heavy atom. The van der Waals surface area contributed by atoms with Crippen molar-refractivity contribution in [2.24, 2.45) is 0 Å². The second kappa shape index (κ2) is 9.03. The zero-order valence-electron chi connectivity index (χ0n) is 17.3. The third-order valence-corrected chi connectivity index (χ3v) is 7.88. The van der Waals surface area contributed by atoms with Gasteiger partial charge in [0.1, 0.15) is 11.0 Å². The third kappa shape index (κ3) is 4.68. The SMILES string of the molecule is CCS(=O)(=O)N(C)C1CCN(C(=O)c2c(C)nn(Cc3ccc(F)cc3)c2Cl)CC1. The molecule has 0 spiro atoms. The summed E-state index contributed by atoms with van der Waals surface area (Å²) in [5.41, 5.74) is 1.70. The van der Waals surface area contributed by atoms with Gasteiger partial charge < -0.3 is 4.90 Å². The maximum atomic E-state index is 13.1. The van der Waals surface area contributed by atoms with Gasteiger partial charge >= 0.3 is 0 Å². The molecule has 0 bridgehead atoms. The summed E-state index contributed by atoms with van der Waals surface area (Å²) in [7, 11) is -1.66. The van der Waals surface area contributed by atoms with E-state index in [4.69, 9.17) is 11.6 Å². The van der Waals surface area contributed by atoms with E-state index in [0.717, 1.165) is 5.56 Å². The minimum absolute atomic E-state index is 0.0602. The van der Waals surface area contributed by atoms with E-state index in [9.17, 15) is 17.6 Å². The van der Waals surface area contributed by atoms with Crippen molar-refractivity contribution in [1.29, 1.82) is 0 Å². The molecule has 0 unspecified atom stereocenters. The highest BCUT2D eigenvalue weighted by Crippen LogP contribution is 2.25. The molecule has 3 rings (SSSR count). The van der Waals surface area contributed by atoms with Crippen molar-refractivity contribution >= 4 is 27.5 Å². The minimum atomic E-state index is -3.26. The predicted molar refractivity (Wildman–Crippen MR) is 114 cm³/mol. The lowest BCUT2D eigenvalue weighted by Gasteiger charge is -2.36. The van der Waals surface area contributed by atoms with Gasteiger partial charge in [-0.25, -0.2) is 21.8 Å². The first-order valence-electron chi connectivity index (χ1n) is 9.86. The van der Waals surface area contributed by atoms with Crippen LogP contribution in [0, 0.1) is 12.7 Å². The first-order chi connectivity index (χ1) is 14.1. The number of hydrogen-bond donors (Lipinski definition) is 0. The number of piperidine rings is 1. The van der Waals surface area contributed by atoms with Gasteiger partial charge in [0.2, 0.25) is 10.0 Å². The molecule has 0 saturated carbocycles. The molecule has 1 fully saturated rings. The summed E-state index contributed by atoms with van der Waals surface area (Å²) in [6.45, 7) is 4.58. The molecule has 1 aromatic carbocycles. The quantitative estimate of drug-likeness (QED) is 0.669. The van der Waals surface area contributed by atoms with Crippen LogP contribution in [-0.2, 0) is 16.6 Å². The van der Waals surface area contributed by atoms with E-state index in [0.29, 0.717) is 43.7 Å². The maximum absolute atomic E-state index is 13.1. The lowest BCUT2D eigenvalue weighted by atomic mass is 10.0. The molecule has 1 aliphatic heterocycles. The Labute approximate surface area is 181 Å². The molecule has 7 nitrogen and oxygen atoms in total. The predicted octanol–water partition coefficient (Wildman–Crippen LogP) is 2.92. The summed E-state index contributed by atoms with van der Waals surface area (Å²) in [6.07, 6.45) is 1.14. The highest BCUT2D eigenvalue weighted by Gasteiger charge is 2.32. The molecule has 30 heavy (non-hydrogen) atoms. The molecule has 1 saturated heterocycles. The van der Waals surface area contributed by atoms with Crippen LogP contribution in [0.15, 0.2) is 24.3 Å². The number of carbonyl (C=O) groups is 1. The smallest absolute Gasteiger partial charge is 0.258 e. The Morgan fingerprint density at radius 3 is 2.43 bits per heavy atom. The Morgan fingerprint density at radius 1 is 1.27 bits per heavy atom. The fourth-order valence-corrected chi connectivity index (χ4v) is 5.07. The number of likely N-dealkylation sites (tertiary alicyclic amines) is 1. The fourth-order valence-electron chi connectivity index (χ4n) is 3.69. The zero-order valence-corrected chi connectivity index (χ0v) is 18.9. The Bertz CT molecular complexity index is 1020. The molecule has 1 aromatic heterocycles. The molecular formula is C20H26ClFN4O3S. The van der Waals surface area contributed by atoms with Crippen molar-refractivity contribution < 1.29 is 17.6 Å². The van der Waals surface area contributed by atoms with Crippen molar-refractivity contribution in [3.05, 3.63) is 52.1 Å². The van der Waals surface area contributed by atoms with Crippen LogP contribution < -0.4 is 0 Å². The van der Waals surface area contributed by atoms with Gasteiger partial charge in [-0.3, -0.25) is 4.79 Å². The lowest BCUT2D eigenvalue weighted by molar-refractivity contribution is 0.0685. The highest BCUT2D eigenvalue weighted by atomic mass is 35.5. The van der Waals surface area contributed by atoms with Gasteiger partial charge in [-0.05, 0) is 44.4 Å². The van der Waals surface area contributed by atoms with Crippen LogP contribution in [-0.4, -0.2) is 65.2 Å². The molecule has 0 radical (unpaired) electrons. The topological polar surface area (TPSA) is 75.5 Å². The first kappa shape index (κ1) is 22.7. The zero-order chi connectivity index (χ0) is 22.1. The van der Waals surface area contributed by atoms with Crippen LogP contribution in [0.3, 0.4) is 0 Å². The van der Waals surface area contributed by atoms with E-state index in [1.807, 2.05) is 0 Å². The normalized spacial score (nSPS) is 15.7. The standard InChI is InChI=1S/C20H26ClFN4O3S/c1-4-30(28,29)24(3)17-9-11-25(12-10-17)20(27)18-14(2)23-26(19(18)21)13-15-5-7-16(22)8-6-15/h5-8,17H,4,9-13H2,1-3H3. The molecule has 1 aliphatic rings. The maximum Gasteiger partial charge on any atom is 0.258 e. The van der Waals surface area contributed by atoms with Crippen molar-refractivity contribution in [2.75, 3.05) is 25.9 Å². The van der Waals surface area contributed by atoms with E-state index in [1.165, 1.54) is 21.1 Å². The number of sulfonamides is 1. The van der Waals surface area contributed by atoms with Crippen LogP contribution in [0.4, 0.5) is 4.39 Å². The molecule has 0 N–H and O–H groups in total. The number of nitrogens with zero attached hydrogens (tertiary/aromatic N) is 4. The van der Waals surface area contributed by atoms with Crippen LogP contribution in [0.25, 0.3) is 0 Å². The van der Waals surface area contributed by atoms with Gasteiger partial charge in [-0.15, -0.1) is 0 Å². The van der Waals surface area contributed by atoms with Crippen molar-refractivity contribution in [3.63, 3.8) is 0 Å². The molecule has 2 heterocycles. The number of amides is 1. The summed E-state index contributed by atoms with van der Waals surface area (Å²) in [5, 5.41) is 4.63. The molecule has 1 amide bonds. The molecule has 164 valence electrons. The van der Waals surface area contributed by atoms with Gasteiger partial charge in [0.15, 0.2) is 0 Å². The van der Waals surface area contributed by atoms with Crippen molar-refractivity contribution in [1.82, 2.24) is 19.0 Å². The van der Waals surface area contributed by atoms with Crippen LogP contribution in [0.5, 0.6) is 0 Å². The number of hydrogen-bond acceptors (Lipinski definition) is 4. The summed E-state index contributed by atoms with van der Waals surface area (Å²) >= 11 is 6.47. The van der Waals surface area contributed by atoms with Crippen LogP contribution in [0.1, 0.15) is 41.4 Å². The first-order valence-corrected chi connectivity index (χ1v) is 11.8. The summed E-state index contributed by atoms with van der Waals surface area (Å²) in [5.74, 6) is -0.467. The highest BCUT2D eigenvalue weighted by molar-refractivity contribution is 7.89. The monoisotopic (exact) mass is 456 g/mol. The third-order valence-electron chi connectivity index (χ3n) is 5.59. The Kier molecular flexibility index (Phi) is 6.84. The summed E-state index contributed by atoms with van der Waals surface area (Å²) < 4.78 is 40.3. The van der Waals surface area contributed by atoms with Gasteiger partial charge in [-0.1, -0.05) is 23.7 Å². The average Bonchev–Trinajstić information content (AvgIpc) is 3.01. The molecule has 0 atom stereocenters. The fraction of sp³-hybridized carbons (Fsp3) is 0.500. The summed E-state index contributed by atoms with van der Waals surface area (Å²) in [4.78, 5) is 14.8. The van der Waals surface area contributed by atoms with E-state index >= 15 is 0 Å². The Balaban J connectivity index is 1.70. The van der Waals surface area contributed by atoms with Crippen LogP contribution in [0.2, 0.25) is 5.15 Å². The molecule has 10 heteroatoms. The number of aryl methyl sites for hydroxylation is 1. The number of aromatic nitrogens is 2. The van der Waals surface area contributed by atoms with E-state index in [1.54, 1.807) is 37.9 Å². The number of benzene rings is 1. The minimum Gasteiger partial charge on any atom is -0.338 e. The summed E-state index contributed by atoms with van der Waals surface area (Å²) in [6, 6.07) is 5.92. The second-order valence-electron chi connectivity index (χ2n) is 7.48. The van der Waals surface area contributed by atoms with Crippen molar-refractivity contribution in [2.45, 2.75) is 39.3 Å². The number of halogens is 2. The molecule has 2 aromatic rings. The number of carbonyl (C=O) groups excluding carboxylic acids is 1. The Hall–Kier alpha value is -1.97. The van der Waals surface area contributed by atoms with Gasteiger partial charge in [0, 0.05) is 26.2 Å². The van der Waals surface area contributed by atoms with Crippen LogP contribution >= 0.6 is 11.6 Å².